The lowest BCUT2D eigenvalue weighted by molar-refractivity contribution is -0.0907. The summed E-state index contributed by atoms with van der Waals surface area (Å²) in [6, 6.07) is 11.5. The van der Waals surface area contributed by atoms with E-state index in [4.69, 9.17) is 28.2 Å². The number of carbonyl (C=O) groups is 1. The summed E-state index contributed by atoms with van der Waals surface area (Å²) in [5.74, 6) is 0.648. The van der Waals surface area contributed by atoms with Crippen LogP contribution >= 0.6 is 7.60 Å². The predicted molar refractivity (Wildman–Crippen MR) is 175 cm³/mol. The minimum Gasteiger partial charge on any atom is -0.497 e. The van der Waals surface area contributed by atoms with Gasteiger partial charge in [0.15, 0.2) is 12.6 Å². The molecule has 2 fully saturated rings. The molecule has 14 nitrogen and oxygen atoms in total. The third-order valence-electron chi connectivity index (χ3n) is 7.82. The SMILES string of the molecule is COc1ccc(S(=O)(=O)N(CC(C)C)C[C@@H](O)[C@H](Cc2ccc(OCP(=O)(O)OC(C)C)cc2)NC(=O)O[C@H]2CO[C@H]3OCC[C@H]32)cc1. The normalized spacial score (nSPS) is 21.9. The molecule has 0 radical (unpaired) electrons. The molecule has 0 spiro atoms. The standard InChI is InChI=1S/C32H47N2O12PS/c1-21(2)17-34(48(39,40)26-12-10-24(41-5)11-13-26)18-29(35)28(33-32(36)45-30-19-43-31-27(30)14-15-42-31)16-23-6-8-25(9-7-23)44-20-47(37,38)46-22(3)4/h6-13,21-22,27-31,35H,14-20H2,1-5H3,(H,33,36)(H,37,38)/t27-,28-,29+,30-,31+/m0/s1. The zero-order valence-electron chi connectivity index (χ0n) is 27.9. The van der Waals surface area contributed by atoms with Crippen molar-refractivity contribution in [3.05, 3.63) is 54.1 Å². The molecular weight excluding hydrogens is 667 g/mol. The smallest absolute Gasteiger partial charge is 0.407 e. The molecule has 0 aliphatic carbocycles. The Kier molecular flexibility index (Phi) is 13.3. The summed E-state index contributed by atoms with van der Waals surface area (Å²) in [7, 11) is -6.51. The van der Waals surface area contributed by atoms with E-state index < -0.39 is 60.7 Å². The zero-order valence-corrected chi connectivity index (χ0v) is 29.6. The molecule has 16 heteroatoms. The number of rotatable bonds is 17. The van der Waals surface area contributed by atoms with Crippen molar-refractivity contribution in [1.82, 2.24) is 9.62 Å². The van der Waals surface area contributed by atoms with Gasteiger partial charge in [0.2, 0.25) is 10.0 Å². The van der Waals surface area contributed by atoms with E-state index in [0.717, 1.165) is 0 Å². The van der Waals surface area contributed by atoms with Crippen LogP contribution in [-0.4, -0.2) is 99.2 Å². The van der Waals surface area contributed by atoms with E-state index in [1.165, 1.54) is 23.5 Å². The van der Waals surface area contributed by atoms with Gasteiger partial charge in [0.1, 0.15) is 17.6 Å². The van der Waals surface area contributed by atoms with Crippen LogP contribution in [0.15, 0.2) is 53.4 Å². The lowest BCUT2D eigenvalue weighted by atomic mass is 10.0. The maximum absolute atomic E-state index is 13.7. The second kappa shape index (κ2) is 16.8. The van der Waals surface area contributed by atoms with Crippen LogP contribution in [0, 0.1) is 11.8 Å². The number of benzene rings is 2. The van der Waals surface area contributed by atoms with Gasteiger partial charge in [0, 0.05) is 13.1 Å². The molecule has 2 aromatic carbocycles. The number of nitrogens with zero attached hydrogens (tertiary/aromatic N) is 1. The minimum atomic E-state index is -4.04. The largest absolute Gasteiger partial charge is 0.497 e. The maximum Gasteiger partial charge on any atom is 0.407 e. The monoisotopic (exact) mass is 714 g/mol. The Bertz CT molecular complexity index is 1490. The van der Waals surface area contributed by atoms with Crippen LogP contribution in [0.25, 0.3) is 0 Å². The highest BCUT2D eigenvalue weighted by Crippen LogP contribution is 2.43. The van der Waals surface area contributed by atoms with Gasteiger partial charge in [-0.1, -0.05) is 26.0 Å². The predicted octanol–water partition coefficient (Wildman–Crippen LogP) is 3.75. The van der Waals surface area contributed by atoms with Crippen molar-refractivity contribution in [2.45, 2.75) is 76.1 Å². The number of amides is 1. The van der Waals surface area contributed by atoms with Gasteiger partial charge in [0.05, 0.1) is 49.4 Å². The van der Waals surface area contributed by atoms with E-state index >= 15 is 0 Å². The van der Waals surface area contributed by atoms with Gasteiger partial charge in [-0.25, -0.2) is 13.2 Å². The second-order valence-electron chi connectivity index (χ2n) is 12.6. The van der Waals surface area contributed by atoms with E-state index in [1.807, 2.05) is 13.8 Å². The van der Waals surface area contributed by atoms with Crippen LogP contribution in [0.5, 0.6) is 11.5 Å². The highest BCUT2D eigenvalue weighted by atomic mass is 32.2. The number of ether oxygens (including phenoxy) is 5. The summed E-state index contributed by atoms with van der Waals surface area (Å²) in [5.41, 5.74) is 0.666. The Balaban J connectivity index is 1.51. The number of carbonyl (C=O) groups excluding carboxylic acids is 1. The molecule has 1 amide bonds. The van der Waals surface area contributed by atoms with E-state index in [1.54, 1.807) is 50.2 Å². The van der Waals surface area contributed by atoms with Gasteiger partial charge in [-0.15, -0.1) is 0 Å². The van der Waals surface area contributed by atoms with E-state index in [-0.39, 0.29) is 42.8 Å². The highest BCUT2D eigenvalue weighted by Gasteiger charge is 2.44. The fraction of sp³-hybridized carbons (Fsp3) is 0.594. The quantitative estimate of drug-likeness (QED) is 0.203. The lowest BCUT2D eigenvalue weighted by Gasteiger charge is -2.31. The van der Waals surface area contributed by atoms with Gasteiger partial charge < -0.3 is 43.5 Å². The summed E-state index contributed by atoms with van der Waals surface area (Å²) in [6.45, 7) is 7.52. The van der Waals surface area contributed by atoms with Gasteiger partial charge in [-0.3, -0.25) is 4.57 Å². The third kappa shape index (κ3) is 10.6. The number of methoxy groups -OCH3 is 1. The number of hydrogen-bond acceptors (Lipinski definition) is 11. The van der Waals surface area contributed by atoms with Gasteiger partial charge in [0.25, 0.3) is 0 Å². The number of aliphatic hydroxyl groups is 1. The van der Waals surface area contributed by atoms with Crippen LogP contribution in [0.3, 0.4) is 0 Å². The molecule has 268 valence electrons. The summed E-state index contributed by atoms with van der Waals surface area (Å²) in [6.07, 6.45) is -3.28. The molecule has 0 aromatic heterocycles. The summed E-state index contributed by atoms with van der Waals surface area (Å²) < 4.78 is 73.3. The fourth-order valence-corrected chi connectivity index (χ4v) is 8.21. The molecule has 2 heterocycles. The maximum atomic E-state index is 13.7. The molecule has 2 aliphatic heterocycles. The van der Waals surface area contributed by atoms with Crippen LogP contribution < -0.4 is 14.8 Å². The Morgan fingerprint density at radius 1 is 1.04 bits per heavy atom. The average molecular weight is 715 g/mol. The van der Waals surface area contributed by atoms with Crippen molar-refractivity contribution >= 4 is 23.7 Å². The third-order valence-corrected chi connectivity index (χ3v) is 10.9. The summed E-state index contributed by atoms with van der Waals surface area (Å²) >= 11 is 0. The van der Waals surface area contributed by atoms with E-state index in [0.29, 0.717) is 30.1 Å². The summed E-state index contributed by atoms with van der Waals surface area (Å²) in [4.78, 5) is 23.2. The Morgan fingerprint density at radius 2 is 1.71 bits per heavy atom. The van der Waals surface area contributed by atoms with Gasteiger partial charge in [-0.2, -0.15) is 4.31 Å². The molecular formula is C32H47N2O12PS. The Labute approximate surface area is 282 Å². The Hall–Kier alpha value is -2.75. The molecule has 48 heavy (non-hydrogen) atoms. The van der Waals surface area contributed by atoms with Crippen LogP contribution in [-0.2, 0) is 39.7 Å². The number of alkyl carbamates (subject to hydrolysis) is 1. The van der Waals surface area contributed by atoms with Crippen LogP contribution in [0.4, 0.5) is 4.79 Å². The molecule has 0 bridgehead atoms. The molecule has 2 saturated heterocycles. The first-order valence-corrected chi connectivity index (χ1v) is 19.1. The van der Waals surface area contributed by atoms with Crippen molar-refractivity contribution < 1.29 is 56.0 Å². The fourth-order valence-electron chi connectivity index (χ4n) is 5.56. The number of fused-ring (bicyclic) bond motifs is 1. The molecule has 2 aromatic rings. The van der Waals surface area contributed by atoms with Crippen molar-refractivity contribution in [1.29, 1.82) is 0 Å². The van der Waals surface area contributed by atoms with Crippen LogP contribution in [0.1, 0.15) is 39.7 Å². The van der Waals surface area contributed by atoms with Crippen molar-refractivity contribution in [3.8, 4) is 11.5 Å². The molecule has 3 N–H and O–H groups in total. The van der Waals surface area contributed by atoms with Crippen molar-refractivity contribution in [2.24, 2.45) is 11.8 Å². The first-order chi connectivity index (χ1) is 22.7. The van der Waals surface area contributed by atoms with Gasteiger partial charge >= 0.3 is 13.7 Å². The number of aliphatic hydroxyl groups excluding tert-OH is 1. The van der Waals surface area contributed by atoms with Gasteiger partial charge in [-0.05, 0) is 74.6 Å². The molecule has 1 unspecified atom stereocenters. The van der Waals surface area contributed by atoms with E-state index in [2.05, 4.69) is 5.32 Å². The minimum absolute atomic E-state index is 0.0384. The first-order valence-electron chi connectivity index (χ1n) is 15.9. The Morgan fingerprint density at radius 3 is 2.33 bits per heavy atom. The number of nitrogens with one attached hydrogen (secondary N) is 1. The molecule has 4 rings (SSSR count). The molecule has 0 saturated carbocycles. The topological polar surface area (TPSA) is 179 Å². The molecule has 2 aliphatic rings. The first kappa shape index (κ1) is 38.1. The summed E-state index contributed by atoms with van der Waals surface area (Å²) in [5, 5.41) is 14.3. The van der Waals surface area contributed by atoms with E-state index in [9.17, 15) is 27.8 Å². The lowest BCUT2D eigenvalue weighted by Crippen LogP contribution is -2.51. The highest BCUT2D eigenvalue weighted by molar-refractivity contribution is 7.89. The van der Waals surface area contributed by atoms with Crippen LogP contribution in [0.2, 0.25) is 0 Å². The average Bonchev–Trinajstić information content (AvgIpc) is 3.64. The zero-order chi connectivity index (χ0) is 35.1. The van der Waals surface area contributed by atoms with Crippen molar-refractivity contribution in [2.75, 3.05) is 39.8 Å². The number of hydrogen-bond donors (Lipinski definition) is 3. The van der Waals surface area contributed by atoms with Crippen molar-refractivity contribution in [3.63, 3.8) is 0 Å². The second-order valence-corrected chi connectivity index (χ2v) is 16.3. The molecule has 6 atom stereocenters. The number of sulfonamides is 1.